The molecule has 1 rings (SSSR count). The van der Waals surface area contributed by atoms with E-state index in [1.54, 1.807) is 13.3 Å². The molecule has 1 aromatic heterocycles. The van der Waals surface area contributed by atoms with Gasteiger partial charge in [0.1, 0.15) is 5.82 Å². The third-order valence-electron chi connectivity index (χ3n) is 3.28. The van der Waals surface area contributed by atoms with E-state index >= 15 is 0 Å². The fourth-order valence-electron chi connectivity index (χ4n) is 1.83. The van der Waals surface area contributed by atoms with Crippen molar-refractivity contribution in [1.29, 1.82) is 0 Å². The van der Waals surface area contributed by atoms with Gasteiger partial charge in [-0.3, -0.25) is 0 Å². The van der Waals surface area contributed by atoms with E-state index < -0.39 is 0 Å². The van der Waals surface area contributed by atoms with Gasteiger partial charge in [-0.05, 0) is 26.8 Å². The normalized spacial score (nSPS) is 11.7. The molecule has 132 valence electrons. The number of anilines is 1. The van der Waals surface area contributed by atoms with Crippen molar-refractivity contribution in [3.8, 4) is 0 Å². The lowest BCUT2D eigenvalue weighted by molar-refractivity contribution is 0.0268. The highest BCUT2D eigenvalue weighted by molar-refractivity contribution is 14.0. The minimum absolute atomic E-state index is 0. The maximum Gasteiger partial charge on any atom is 0.191 e. The van der Waals surface area contributed by atoms with Crippen LogP contribution >= 0.6 is 24.0 Å². The van der Waals surface area contributed by atoms with Crippen LogP contribution in [0.25, 0.3) is 0 Å². The molecule has 2 N–H and O–H groups in total. The quantitative estimate of drug-likeness (QED) is 0.391. The van der Waals surface area contributed by atoms with Gasteiger partial charge in [0, 0.05) is 46.1 Å². The summed E-state index contributed by atoms with van der Waals surface area (Å²) < 4.78 is 5.42. The van der Waals surface area contributed by atoms with Crippen molar-refractivity contribution in [2.45, 2.75) is 32.9 Å². The Balaban J connectivity index is 0.00000484. The Bertz CT molecular complexity index is 491. The first-order valence-corrected chi connectivity index (χ1v) is 7.58. The molecule has 0 fully saturated rings. The van der Waals surface area contributed by atoms with Crippen molar-refractivity contribution in [3.63, 3.8) is 0 Å². The molecular formula is C16H30IN5O. The number of ether oxygens (including phenoxy) is 1. The van der Waals surface area contributed by atoms with E-state index in [0.717, 1.165) is 23.9 Å². The zero-order valence-corrected chi connectivity index (χ0v) is 17.3. The number of rotatable bonds is 7. The standard InChI is InChI=1S/C16H29N5O.HI/c1-7-17-15(20-12-16(2,3)22-6)19-11-13-9-8-10-18-14(13)21(4)5;/h8-10H,7,11-12H2,1-6H3,(H2,17,19,20);1H. The van der Waals surface area contributed by atoms with Crippen LogP contribution in [0.3, 0.4) is 0 Å². The molecule has 0 aromatic carbocycles. The fraction of sp³-hybridized carbons (Fsp3) is 0.625. The summed E-state index contributed by atoms with van der Waals surface area (Å²) in [6.07, 6.45) is 1.80. The molecule has 0 amide bonds. The Labute approximate surface area is 157 Å². The highest BCUT2D eigenvalue weighted by atomic mass is 127. The first kappa shape index (κ1) is 21.9. The number of nitrogens with zero attached hydrogens (tertiary/aromatic N) is 3. The summed E-state index contributed by atoms with van der Waals surface area (Å²) in [5, 5.41) is 6.56. The van der Waals surface area contributed by atoms with Crippen LogP contribution < -0.4 is 15.5 Å². The van der Waals surface area contributed by atoms with Crippen LogP contribution in [0.2, 0.25) is 0 Å². The SMILES string of the molecule is CCNC(=NCc1cccnc1N(C)C)NCC(C)(C)OC.I. The molecule has 0 spiro atoms. The third-order valence-corrected chi connectivity index (χ3v) is 3.28. The molecule has 0 atom stereocenters. The lowest BCUT2D eigenvalue weighted by atomic mass is 10.1. The van der Waals surface area contributed by atoms with Gasteiger partial charge >= 0.3 is 0 Å². The van der Waals surface area contributed by atoms with Crippen LogP contribution in [0.15, 0.2) is 23.3 Å². The maximum atomic E-state index is 5.42. The van der Waals surface area contributed by atoms with E-state index in [9.17, 15) is 0 Å². The highest BCUT2D eigenvalue weighted by Gasteiger charge is 2.16. The van der Waals surface area contributed by atoms with Crippen LogP contribution in [0.4, 0.5) is 5.82 Å². The second-order valence-electron chi connectivity index (χ2n) is 5.89. The summed E-state index contributed by atoms with van der Waals surface area (Å²) in [6.45, 7) is 8.19. The Kier molecular flexibility index (Phi) is 10.1. The van der Waals surface area contributed by atoms with E-state index in [1.165, 1.54) is 0 Å². The number of pyridine rings is 1. The molecule has 0 saturated carbocycles. The molecule has 0 aliphatic heterocycles. The van der Waals surface area contributed by atoms with Crippen molar-refractivity contribution in [2.24, 2.45) is 4.99 Å². The van der Waals surface area contributed by atoms with Crippen molar-refractivity contribution in [2.75, 3.05) is 39.2 Å². The molecule has 1 heterocycles. The molecular weight excluding hydrogens is 405 g/mol. The first-order valence-electron chi connectivity index (χ1n) is 7.58. The van der Waals surface area contributed by atoms with Crippen LogP contribution in [-0.4, -0.2) is 50.8 Å². The smallest absolute Gasteiger partial charge is 0.191 e. The number of halogens is 1. The molecule has 0 aliphatic rings. The van der Waals surface area contributed by atoms with Crippen LogP contribution in [0.1, 0.15) is 26.3 Å². The average Bonchev–Trinajstić information content (AvgIpc) is 2.50. The number of aromatic nitrogens is 1. The number of nitrogens with one attached hydrogen (secondary N) is 2. The third kappa shape index (κ3) is 7.83. The Morgan fingerprint density at radius 1 is 1.35 bits per heavy atom. The van der Waals surface area contributed by atoms with E-state index in [2.05, 4.69) is 26.7 Å². The zero-order valence-electron chi connectivity index (χ0n) is 15.0. The predicted molar refractivity (Wildman–Crippen MR) is 108 cm³/mol. The Morgan fingerprint density at radius 3 is 2.61 bits per heavy atom. The van der Waals surface area contributed by atoms with Gasteiger partial charge in [0.15, 0.2) is 5.96 Å². The zero-order chi connectivity index (χ0) is 16.6. The van der Waals surface area contributed by atoms with Gasteiger partial charge in [-0.1, -0.05) is 6.07 Å². The molecule has 0 radical (unpaired) electrons. The van der Waals surface area contributed by atoms with Crippen LogP contribution in [0.5, 0.6) is 0 Å². The molecule has 0 saturated heterocycles. The summed E-state index contributed by atoms with van der Waals surface area (Å²) in [5.74, 6) is 1.72. The largest absolute Gasteiger partial charge is 0.377 e. The van der Waals surface area contributed by atoms with Gasteiger partial charge in [-0.15, -0.1) is 24.0 Å². The lowest BCUT2D eigenvalue weighted by Crippen LogP contribution is -2.45. The minimum Gasteiger partial charge on any atom is -0.377 e. The van der Waals surface area contributed by atoms with E-state index in [-0.39, 0.29) is 29.6 Å². The molecule has 0 aliphatic carbocycles. The summed E-state index contributed by atoms with van der Waals surface area (Å²) in [4.78, 5) is 11.0. The number of methoxy groups -OCH3 is 1. The summed E-state index contributed by atoms with van der Waals surface area (Å²) in [5.41, 5.74) is 0.856. The highest BCUT2D eigenvalue weighted by Crippen LogP contribution is 2.15. The van der Waals surface area contributed by atoms with Crippen molar-refractivity contribution in [3.05, 3.63) is 23.9 Å². The first-order chi connectivity index (χ1) is 10.4. The molecule has 6 nitrogen and oxygen atoms in total. The van der Waals surface area contributed by atoms with Gasteiger partial charge in [-0.25, -0.2) is 9.98 Å². The second-order valence-corrected chi connectivity index (χ2v) is 5.89. The molecule has 23 heavy (non-hydrogen) atoms. The number of aliphatic imine (C=N–C) groups is 1. The van der Waals surface area contributed by atoms with Crippen molar-refractivity contribution < 1.29 is 4.74 Å². The fourth-order valence-corrected chi connectivity index (χ4v) is 1.83. The van der Waals surface area contributed by atoms with Crippen molar-refractivity contribution in [1.82, 2.24) is 15.6 Å². The molecule has 7 heteroatoms. The number of hydrogen-bond donors (Lipinski definition) is 2. The summed E-state index contributed by atoms with van der Waals surface area (Å²) in [6, 6.07) is 3.99. The second kappa shape index (κ2) is 10.6. The average molecular weight is 435 g/mol. The van der Waals surface area contributed by atoms with Gasteiger partial charge in [0.2, 0.25) is 0 Å². The van der Waals surface area contributed by atoms with Gasteiger partial charge < -0.3 is 20.3 Å². The minimum atomic E-state index is -0.237. The number of hydrogen-bond acceptors (Lipinski definition) is 4. The summed E-state index contributed by atoms with van der Waals surface area (Å²) in [7, 11) is 5.69. The van der Waals surface area contributed by atoms with Gasteiger partial charge in [0.05, 0.1) is 12.1 Å². The van der Waals surface area contributed by atoms with E-state index in [4.69, 9.17) is 4.74 Å². The molecule has 0 unspecified atom stereocenters. The lowest BCUT2D eigenvalue weighted by Gasteiger charge is -2.24. The topological polar surface area (TPSA) is 61.8 Å². The van der Waals surface area contributed by atoms with Crippen molar-refractivity contribution >= 4 is 35.8 Å². The van der Waals surface area contributed by atoms with Crippen LogP contribution in [0, 0.1) is 0 Å². The Hall–Kier alpha value is -1.09. The monoisotopic (exact) mass is 435 g/mol. The maximum absolute atomic E-state index is 5.42. The summed E-state index contributed by atoms with van der Waals surface area (Å²) >= 11 is 0. The molecule has 0 bridgehead atoms. The number of guanidine groups is 1. The van der Waals surface area contributed by atoms with Gasteiger partial charge in [-0.2, -0.15) is 0 Å². The predicted octanol–water partition coefficient (Wildman–Crippen LogP) is 2.25. The Morgan fingerprint density at radius 2 is 2.04 bits per heavy atom. The van der Waals surface area contributed by atoms with Gasteiger partial charge in [0.25, 0.3) is 0 Å². The van der Waals surface area contributed by atoms with E-state index in [0.29, 0.717) is 13.1 Å². The van der Waals surface area contributed by atoms with Crippen LogP contribution in [-0.2, 0) is 11.3 Å². The van der Waals surface area contributed by atoms with E-state index in [1.807, 2.05) is 45.8 Å². The molecule has 1 aromatic rings.